The lowest BCUT2D eigenvalue weighted by Crippen LogP contribution is -2.45. The molecule has 0 saturated heterocycles. The summed E-state index contributed by atoms with van der Waals surface area (Å²) in [6.45, 7) is 0.165. The summed E-state index contributed by atoms with van der Waals surface area (Å²) < 4.78 is 35.4. The van der Waals surface area contributed by atoms with Gasteiger partial charge in [0.2, 0.25) is 11.7 Å². The number of carbonyl (C=O) groups is 2. The van der Waals surface area contributed by atoms with Crippen molar-refractivity contribution in [1.29, 1.82) is 0 Å². The number of anilines is 1. The zero-order valence-electron chi connectivity index (χ0n) is 23.7. The van der Waals surface area contributed by atoms with Gasteiger partial charge in [-0.3, -0.25) is 9.59 Å². The number of methoxy groups -OCH3 is 4. The van der Waals surface area contributed by atoms with Gasteiger partial charge in [-0.05, 0) is 47.0 Å². The lowest BCUT2D eigenvalue weighted by molar-refractivity contribution is -0.119. The van der Waals surface area contributed by atoms with E-state index in [1.54, 1.807) is 66.6 Å². The minimum absolute atomic E-state index is 0.165. The first-order valence-electron chi connectivity index (χ1n) is 13.3. The first kappa shape index (κ1) is 28.5. The fourth-order valence-corrected chi connectivity index (χ4v) is 5.38. The summed E-state index contributed by atoms with van der Waals surface area (Å²) in [7, 11) is 6.07. The minimum atomic E-state index is -0.799. The molecule has 4 aromatic carbocycles. The fourth-order valence-electron chi connectivity index (χ4n) is 5.38. The molecule has 1 N–H and O–H groups in total. The summed E-state index contributed by atoms with van der Waals surface area (Å²) >= 11 is 0. The Morgan fingerprint density at radius 1 is 0.833 bits per heavy atom. The van der Waals surface area contributed by atoms with E-state index in [-0.39, 0.29) is 24.2 Å². The zero-order valence-corrected chi connectivity index (χ0v) is 23.7. The Balaban J connectivity index is 1.63. The van der Waals surface area contributed by atoms with E-state index >= 15 is 0 Å². The van der Waals surface area contributed by atoms with E-state index in [4.69, 9.17) is 18.9 Å². The molecular weight excluding hydrogens is 539 g/mol. The number of ether oxygens (including phenoxy) is 4. The largest absolute Gasteiger partial charge is 0.497 e. The van der Waals surface area contributed by atoms with Crippen LogP contribution in [-0.4, -0.2) is 45.2 Å². The molecule has 8 nitrogen and oxygen atoms in total. The molecule has 4 aromatic rings. The summed E-state index contributed by atoms with van der Waals surface area (Å²) in [5.74, 6) is 0.0712. The van der Waals surface area contributed by atoms with Crippen LogP contribution in [0.5, 0.6) is 23.0 Å². The number of hydrogen-bond donors (Lipinski definition) is 1. The molecule has 1 aliphatic heterocycles. The number of halogens is 1. The molecule has 0 unspecified atom stereocenters. The monoisotopic (exact) mass is 570 g/mol. The van der Waals surface area contributed by atoms with Gasteiger partial charge in [0.1, 0.15) is 11.6 Å². The van der Waals surface area contributed by atoms with Crippen LogP contribution in [0.1, 0.15) is 39.0 Å². The van der Waals surface area contributed by atoms with E-state index in [9.17, 15) is 14.0 Å². The molecule has 5 rings (SSSR count). The molecule has 216 valence electrons. The lowest BCUT2D eigenvalue weighted by Gasteiger charge is -2.42. The molecule has 0 spiro atoms. The van der Waals surface area contributed by atoms with Crippen LogP contribution in [0, 0.1) is 5.82 Å². The Hall–Kier alpha value is -5.05. The van der Waals surface area contributed by atoms with E-state index in [1.807, 2.05) is 18.2 Å². The molecule has 2 amide bonds. The molecule has 2 atom stereocenters. The van der Waals surface area contributed by atoms with Crippen molar-refractivity contribution in [3.8, 4) is 23.0 Å². The van der Waals surface area contributed by atoms with Gasteiger partial charge < -0.3 is 29.2 Å². The van der Waals surface area contributed by atoms with Gasteiger partial charge in [0.25, 0.3) is 5.91 Å². The van der Waals surface area contributed by atoms with Crippen LogP contribution in [0.15, 0.2) is 84.9 Å². The summed E-state index contributed by atoms with van der Waals surface area (Å²) in [5, 5.41) is 3.02. The molecule has 42 heavy (non-hydrogen) atoms. The molecule has 0 bridgehead atoms. The average molecular weight is 571 g/mol. The van der Waals surface area contributed by atoms with Gasteiger partial charge in [-0.15, -0.1) is 0 Å². The first-order chi connectivity index (χ1) is 20.4. The second kappa shape index (κ2) is 12.2. The molecule has 1 aliphatic rings. The number of fused-ring (bicyclic) bond motifs is 1. The van der Waals surface area contributed by atoms with Crippen molar-refractivity contribution >= 4 is 17.5 Å². The first-order valence-corrected chi connectivity index (χ1v) is 13.3. The lowest BCUT2D eigenvalue weighted by atomic mass is 9.79. The third kappa shape index (κ3) is 5.45. The SMILES string of the molecule is COc1ccc([C@@H]2[C@H](C(=O)Nc3cc(OC)c(OC)c(OC)c3)c3ccccc3C(=O)N2Cc2ccc(F)cc2)cc1. The number of nitrogens with zero attached hydrogens (tertiary/aromatic N) is 1. The van der Waals surface area contributed by atoms with Gasteiger partial charge in [-0.25, -0.2) is 4.39 Å². The summed E-state index contributed by atoms with van der Waals surface area (Å²) in [6.07, 6.45) is 0. The normalized spacial score (nSPS) is 15.9. The Morgan fingerprint density at radius 2 is 1.48 bits per heavy atom. The van der Waals surface area contributed by atoms with Gasteiger partial charge in [-0.1, -0.05) is 42.5 Å². The predicted octanol–water partition coefficient (Wildman–Crippen LogP) is 5.98. The van der Waals surface area contributed by atoms with Crippen molar-refractivity contribution < 1.29 is 32.9 Å². The molecule has 0 radical (unpaired) electrons. The van der Waals surface area contributed by atoms with Crippen LogP contribution in [0.25, 0.3) is 0 Å². The number of carbonyl (C=O) groups excluding carboxylic acids is 2. The quantitative estimate of drug-likeness (QED) is 0.267. The van der Waals surface area contributed by atoms with Crippen LogP contribution in [0.2, 0.25) is 0 Å². The molecule has 0 aromatic heterocycles. The number of nitrogens with one attached hydrogen (secondary N) is 1. The Labute approximate surface area is 243 Å². The summed E-state index contributed by atoms with van der Waals surface area (Å²) in [5.41, 5.74) is 2.93. The maximum Gasteiger partial charge on any atom is 0.255 e. The average Bonchev–Trinajstić information content (AvgIpc) is 3.02. The summed E-state index contributed by atoms with van der Waals surface area (Å²) in [4.78, 5) is 30.0. The molecule has 9 heteroatoms. The van der Waals surface area contributed by atoms with Gasteiger partial charge in [0.15, 0.2) is 11.5 Å². The highest BCUT2D eigenvalue weighted by Crippen LogP contribution is 2.45. The number of hydrogen-bond acceptors (Lipinski definition) is 6. The fraction of sp³-hybridized carbons (Fsp3) is 0.212. The number of amides is 2. The van der Waals surface area contributed by atoms with E-state index in [1.165, 1.54) is 33.5 Å². The third-order valence-electron chi connectivity index (χ3n) is 7.38. The minimum Gasteiger partial charge on any atom is -0.497 e. The number of rotatable bonds is 9. The second-order valence-electron chi connectivity index (χ2n) is 9.75. The van der Waals surface area contributed by atoms with Crippen molar-refractivity contribution in [3.05, 3.63) is 113 Å². The Kier molecular flexibility index (Phi) is 8.28. The van der Waals surface area contributed by atoms with Crippen LogP contribution in [-0.2, 0) is 11.3 Å². The number of benzene rings is 4. The van der Waals surface area contributed by atoms with Crippen molar-refractivity contribution in [2.75, 3.05) is 33.8 Å². The van der Waals surface area contributed by atoms with E-state index in [2.05, 4.69) is 5.32 Å². The second-order valence-corrected chi connectivity index (χ2v) is 9.75. The van der Waals surface area contributed by atoms with Crippen molar-refractivity contribution in [3.63, 3.8) is 0 Å². The maximum absolute atomic E-state index is 14.3. The van der Waals surface area contributed by atoms with Crippen molar-refractivity contribution in [2.45, 2.75) is 18.5 Å². The van der Waals surface area contributed by atoms with Crippen molar-refractivity contribution in [2.24, 2.45) is 0 Å². The molecule has 0 aliphatic carbocycles. The van der Waals surface area contributed by atoms with E-state index in [0.29, 0.717) is 39.8 Å². The predicted molar refractivity (Wildman–Crippen MR) is 156 cm³/mol. The maximum atomic E-state index is 14.3. The van der Waals surface area contributed by atoms with Crippen LogP contribution in [0.4, 0.5) is 10.1 Å². The highest BCUT2D eigenvalue weighted by molar-refractivity contribution is 6.04. The third-order valence-corrected chi connectivity index (χ3v) is 7.38. The Bertz CT molecular complexity index is 1560. The van der Waals surface area contributed by atoms with E-state index < -0.39 is 12.0 Å². The molecule has 0 fully saturated rings. The van der Waals surface area contributed by atoms with Crippen LogP contribution < -0.4 is 24.3 Å². The topological polar surface area (TPSA) is 86.3 Å². The van der Waals surface area contributed by atoms with Gasteiger partial charge in [0, 0.05) is 29.9 Å². The zero-order chi connectivity index (χ0) is 29.8. The van der Waals surface area contributed by atoms with Crippen LogP contribution in [0.3, 0.4) is 0 Å². The molecular formula is C33H31FN2O6. The van der Waals surface area contributed by atoms with Crippen LogP contribution >= 0.6 is 0 Å². The van der Waals surface area contributed by atoms with Crippen molar-refractivity contribution in [1.82, 2.24) is 4.90 Å². The highest BCUT2D eigenvalue weighted by atomic mass is 19.1. The highest BCUT2D eigenvalue weighted by Gasteiger charge is 2.44. The standard InChI is InChI=1S/C33H31FN2O6/c1-39-24-15-11-21(12-16-24)30-29(32(37)35-23-17-27(40-2)31(42-4)28(18-23)41-3)25-7-5-6-8-26(25)33(38)36(30)19-20-9-13-22(34)14-10-20/h5-18,29-30H,19H2,1-4H3,(H,35,37)/t29-,30-/m1/s1. The van der Waals surface area contributed by atoms with Gasteiger partial charge in [0.05, 0.1) is 40.4 Å². The van der Waals surface area contributed by atoms with Gasteiger partial charge in [-0.2, -0.15) is 0 Å². The van der Waals surface area contributed by atoms with Gasteiger partial charge >= 0.3 is 0 Å². The Morgan fingerprint density at radius 3 is 2.07 bits per heavy atom. The molecule has 1 heterocycles. The summed E-state index contributed by atoms with van der Waals surface area (Å²) in [6, 6.07) is 23.0. The molecule has 0 saturated carbocycles. The smallest absolute Gasteiger partial charge is 0.255 e. The van der Waals surface area contributed by atoms with E-state index in [0.717, 1.165) is 11.1 Å².